The summed E-state index contributed by atoms with van der Waals surface area (Å²) in [6.07, 6.45) is 0.508. The molecule has 0 aliphatic heterocycles. The molecule has 0 heterocycles. The molecule has 0 fully saturated rings. The van der Waals surface area contributed by atoms with Gasteiger partial charge in [-0.1, -0.05) is 79.8 Å². The van der Waals surface area contributed by atoms with Crippen LogP contribution in [-0.2, 0) is 21.9 Å². The first-order valence-corrected chi connectivity index (χ1v) is 12.8. The molecule has 0 aliphatic rings. The van der Waals surface area contributed by atoms with E-state index in [1.165, 1.54) is 11.8 Å². The first-order valence-electron chi connectivity index (χ1n) is 10.5. The van der Waals surface area contributed by atoms with Gasteiger partial charge < -0.3 is 10.2 Å². The number of nitrogens with one attached hydrogen (secondary N) is 1. The topological polar surface area (TPSA) is 49.4 Å². The van der Waals surface area contributed by atoms with Gasteiger partial charge in [-0.3, -0.25) is 9.59 Å². The van der Waals surface area contributed by atoms with E-state index in [9.17, 15) is 9.59 Å². The summed E-state index contributed by atoms with van der Waals surface area (Å²) in [6, 6.07) is 12.1. The predicted molar refractivity (Wildman–Crippen MR) is 137 cm³/mol. The Labute approximate surface area is 210 Å². The van der Waals surface area contributed by atoms with Gasteiger partial charge in [-0.15, -0.1) is 11.8 Å². The lowest BCUT2D eigenvalue weighted by atomic mass is 10.1. The molecule has 1 unspecified atom stereocenters. The molecule has 1 atom stereocenters. The van der Waals surface area contributed by atoms with Gasteiger partial charge in [0.05, 0.1) is 5.75 Å². The number of thioether (sulfide) groups is 1. The van der Waals surface area contributed by atoms with E-state index in [4.69, 9.17) is 34.8 Å². The van der Waals surface area contributed by atoms with E-state index < -0.39 is 6.04 Å². The van der Waals surface area contributed by atoms with Crippen molar-refractivity contribution in [1.29, 1.82) is 0 Å². The van der Waals surface area contributed by atoms with Crippen molar-refractivity contribution in [2.24, 2.45) is 5.92 Å². The summed E-state index contributed by atoms with van der Waals surface area (Å²) in [6.45, 7) is 6.81. The number of hydrogen-bond acceptors (Lipinski definition) is 3. The third kappa shape index (κ3) is 8.18. The molecule has 0 saturated carbocycles. The zero-order valence-electron chi connectivity index (χ0n) is 18.5. The van der Waals surface area contributed by atoms with Crippen LogP contribution in [-0.4, -0.2) is 35.1 Å². The molecule has 0 bridgehead atoms. The average molecular weight is 516 g/mol. The van der Waals surface area contributed by atoms with Crippen molar-refractivity contribution >= 4 is 58.4 Å². The predicted octanol–water partition coefficient (Wildman–Crippen LogP) is 6.46. The van der Waals surface area contributed by atoms with E-state index in [1.54, 1.807) is 23.1 Å². The van der Waals surface area contributed by atoms with Gasteiger partial charge in [0.25, 0.3) is 0 Å². The molecule has 0 aliphatic carbocycles. The molecule has 0 saturated heterocycles. The van der Waals surface area contributed by atoms with Crippen molar-refractivity contribution in [2.45, 2.75) is 45.5 Å². The van der Waals surface area contributed by atoms with Crippen LogP contribution >= 0.6 is 46.6 Å². The molecule has 2 amide bonds. The molecule has 32 heavy (non-hydrogen) atoms. The van der Waals surface area contributed by atoms with Crippen molar-refractivity contribution in [2.75, 3.05) is 12.3 Å². The molecular weight excluding hydrogens is 487 g/mol. The molecular formula is C24H29Cl3N2O2S. The van der Waals surface area contributed by atoms with Crippen LogP contribution in [0, 0.1) is 5.92 Å². The summed E-state index contributed by atoms with van der Waals surface area (Å²) in [4.78, 5) is 27.8. The van der Waals surface area contributed by atoms with E-state index >= 15 is 0 Å². The Morgan fingerprint density at radius 3 is 2.38 bits per heavy atom. The van der Waals surface area contributed by atoms with Gasteiger partial charge in [0, 0.05) is 33.9 Å². The molecule has 2 aromatic carbocycles. The van der Waals surface area contributed by atoms with Crippen molar-refractivity contribution in [3.63, 3.8) is 0 Å². The normalized spacial score (nSPS) is 12.0. The maximum atomic E-state index is 13.3. The summed E-state index contributed by atoms with van der Waals surface area (Å²) in [5, 5.41) is 4.68. The number of halogens is 3. The van der Waals surface area contributed by atoms with Crippen LogP contribution in [0.2, 0.25) is 15.1 Å². The number of carbonyl (C=O) groups excluding carboxylic acids is 2. The largest absolute Gasteiger partial charge is 0.354 e. The van der Waals surface area contributed by atoms with Gasteiger partial charge in [0.1, 0.15) is 6.04 Å². The highest BCUT2D eigenvalue weighted by Crippen LogP contribution is 2.26. The maximum Gasteiger partial charge on any atom is 0.242 e. The average Bonchev–Trinajstić information content (AvgIpc) is 2.74. The number of amides is 2. The molecule has 174 valence electrons. The smallest absolute Gasteiger partial charge is 0.242 e. The standard InChI is InChI=1S/C24H29Cl3N2O2S/c1-4-22(24(31)28-12-16(2)3)29(13-17-7-5-6-8-20(17)26)23(30)15-32-14-18-9-10-19(25)11-21(18)27/h5-11,16,22H,4,12-15H2,1-3H3,(H,28,31). The molecule has 8 heteroatoms. The van der Waals surface area contributed by atoms with E-state index in [-0.39, 0.29) is 24.1 Å². The van der Waals surface area contributed by atoms with Gasteiger partial charge in [0.2, 0.25) is 11.8 Å². The highest BCUT2D eigenvalue weighted by molar-refractivity contribution is 7.99. The lowest BCUT2D eigenvalue weighted by Crippen LogP contribution is -2.50. The fraction of sp³-hybridized carbons (Fsp3) is 0.417. The first kappa shape index (κ1) is 26.8. The summed E-state index contributed by atoms with van der Waals surface area (Å²) < 4.78 is 0. The molecule has 2 aromatic rings. The first-order chi connectivity index (χ1) is 15.2. The number of hydrogen-bond donors (Lipinski definition) is 1. The monoisotopic (exact) mass is 514 g/mol. The zero-order valence-corrected chi connectivity index (χ0v) is 21.6. The van der Waals surface area contributed by atoms with Gasteiger partial charge in [-0.05, 0) is 41.7 Å². The van der Waals surface area contributed by atoms with E-state index in [0.717, 1.165) is 11.1 Å². The van der Waals surface area contributed by atoms with Crippen molar-refractivity contribution in [3.8, 4) is 0 Å². The Bertz CT molecular complexity index is 924. The number of carbonyl (C=O) groups is 2. The Kier molecular flexibility index (Phi) is 11.2. The second-order valence-electron chi connectivity index (χ2n) is 7.90. The lowest BCUT2D eigenvalue weighted by molar-refractivity contribution is -0.139. The number of nitrogens with zero attached hydrogens (tertiary/aromatic N) is 1. The number of rotatable bonds is 11. The molecule has 0 spiro atoms. The summed E-state index contributed by atoms with van der Waals surface area (Å²) in [5.41, 5.74) is 1.72. The Morgan fingerprint density at radius 1 is 1.03 bits per heavy atom. The van der Waals surface area contributed by atoms with Gasteiger partial charge in [-0.25, -0.2) is 0 Å². The molecule has 0 aromatic heterocycles. The Hall–Kier alpha value is -1.40. The van der Waals surface area contributed by atoms with Crippen LogP contribution in [0.25, 0.3) is 0 Å². The molecule has 0 radical (unpaired) electrons. The van der Waals surface area contributed by atoms with Crippen molar-refractivity contribution in [3.05, 3.63) is 68.7 Å². The zero-order chi connectivity index (χ0) is 23.7. The molecule has 4 nitrogen and oxygen atoms in total. The van der Waals surface area contributed by atoms with Gasteiger partial charge in [0.15, 0.2) is 0 Å². The highest BCUT2D eigenvalue weighted by Gasteiger charge is 2.29. The second-order valence-corrected chi connectivity index (χ2v) is 10.1. The van der Waals surface area contributed by atoms with Crippen LogP contribution in [0.4, 0.5) is 0 Å². The minimum atomic E-state index is -0.572. The van der Waals surface area contributed by atoms with Gasteiger partial charge >= 0.3 is 0 Å². The van der Waals surface area contributed by atoms with Crippen molar-refractivity contribution < 1.29 is 9.59 Å². The minimum Gasteiger partial charge on any atom is -0.354 e. The minimum absolute atomic E-state index is 0.119. The van der Waals surface area contributed by atoms with E-state index in [0.29, 0.717) is 39.7 Å². The lowest BCUT2D eigenvalue weighted by Gasteiger charge is -2.31. The SMILES string of the molecule is CCC(C(=O)NCC(C)C)N(Cc1ccccc1Cl)C(=O)CSCc1ccc(Cl)cc1Cl. The summed E-state index contributed by atoms with van der Waals surface area (Å²) in [5.74, 6) is 0.845. The fourth-order valence-electron chi connectivity index (χ4n) is 3.12. The van der Waals surface area contributed by atoms with Crippen LogP contribution in [0.15, 0.2) is 42.5 Å². The Morgan fingerprint density at radius 2 is 1.75 bits per heavy atom. The van der Waals surface area contributed by atoms with E-state index in [1.807, 2.05) is 45.0 Å². The summed E-state index contributed by atoms with van der Waals surface area (Å²) >= 11 is 20.0. The second kappa shape index (κ2) is 13.3. The van der Waals surface area contributed by atoms with Crippen molar-refractivity contribution in [1.82, 2.24) is 10.2 Å². The number of benzene rings is 2. The molecule has 2 rings (SSSR count). The van der Waals surface area contributed by atoms with E-state index in [2.05, 4.69) is 5.32 Å². The third-order valence-electron chi connectivity index (χ3n) is 4.87. The maximum absolute atomic E-state index is 13.3. The van der Waals surface area contributed by atoms with Crippen LogP contribution in [0.1, 0.15) is 38.3 Å². The van der Waals surface area contributed by atoms with Gasteiger partial charge in [-0.2, -0.15) is 0 Å². The quantitative estimate of drug-likeness (QED) is 0.373. The third-order valence-corrected chi connectivity index (χ3v) is 6.79. The molecule has 1 N–H and O–H groups in total. The fourth-order valence-corrected chi connectivity index (χ4v) is 4.79. The van der Waals surface area contributed by atoms with Crippen LogP contribution in [0.3, 0.4) is 0 Å². The Balaban J connectivity index is 2.15. The summed E-state index contributed by atoms with van der Waals surface area (Å²) in [7, 11) is 0. The van der Waals surface area contributed by atoms with Crippen LogP contribution < -0.4 is 5.32 Å². The van der Waals surface area contributed by atoms with Crippen LogP contribution in [0.5, 0.6) is 0 Å². The highest BCUT2D eigenvalue weighted by atomic mass is 35.5.